The van der Waals surface area contributed by atoms with E-state index < -0.39 is 23.5 Å². The average molecular weight is 224 g/mol. The number of aromatic nitrogens is 1. The smallest absolute Gasteiger partial charge is 0.265 e. The highest BCUT2D eigenvalue weighted by atomic mass is 35.5. The average Bonchev–Trinajstić information content (AvgIpc) is 2.17. The Morgan fingerprint density at radius 3 is 2.64 bits per heavy atom. The molecule has 0 saturated heterocycles. The Morgan fingerprint density at radius 2 is 2.21 bits per heavy atom. The van der Waals surface area contributed by atoms with Gasteiger partial charge in [0.2, 0.25) is 0 Å². The number of rotatable bonds is 3. The molecule has 1 heterocycles. The van der Waals surface area contributed by atoms with Crippen molar-refractivity contribution in [3.05, 3.63) is 28.8 Å². The second-order valence-corrected chi connectivity index (χ2v) is 2.71. The van der Waals surface area contributed by atoms with Gasteiger partial charge in [-0.15, -0.1) is 11.6 Å². The minimum Gasteiger partial charge on any atom is -0.296 e. The second kappa shape index (κ2) is 4.41. The fourth-order valence-electron chi connectivity index (χ4n) is 0.936. The highest BCUT2D eigenvalue weighted by Gasteiger charge is 2.17. The van der Waals surface area contributed by atoms with E-state index in [9.17, 15) is 18.0 Å². The molecule has 0 saturated carbocycles. The van der Waals surface area contributed by atoms with Gasteiger partial charge in [0.05, 0.1) is 11.6 Å². The number of pyridine rings is 1. The van der Waals surface area contributed by atoms with Gasteiger partial charge in [-0.1, -0.05) is 0 Å². The van der Waals surface area contributed by atoms with E-state index in [0.717, 1.165) is 0 Å². The van der Waals surface area contributed by atoms with Crippen molar-refractivity contribution >= 4 is 17.9 Å². The van der Waals surface area contributed by atoms with Crippen LogP contribution in [-0.2, 0) is 5.88 Å². The third-order valence-electron chi connectivity index (χ3n) is 1.59. The Hall–Kier alpha value is -1.10. The van der Waals surface area contributed by atoms with Gasteiger partial charge in [0, 0.05) is 5.56 Å². The molecule has 0 aliphatic carbocycles. The summed E-state index contributed by atoms with van der Waals surface area (Å²) in [6.45, 7) is 0. The number of hydrogen-bond donors (Lipinski definition) is 0. The number of halogens is 4. The zero-order valence-corrected chi connectivity index (χ0v) is 7.56. The summed E-state index contributed by atoms with van der Waals surface area (Å²) in [6.07, 6.45) is -2.70. The van der Waals surface area contributed by atoms with Crippen molar-refractivity contribution in [3.8, 4) is 0 Å². The molecule has 0 spiro atoms. The van der Waals surface area contributed by atoms with E-state index >= 15 is 0 Å². The molecule has 0 N–H and O–H groups in total. The highest BCUT2D eigenvalue weighted by molar-refractivity contribution is 6.17. The Kier molecular flexibility index (Phi) is 3.46. The molecule has 76 valence electrons. The van der Waals surface area contributed by atoms with Crippen LogP contribution in [0.1, 0.15) is 28.2 Å². The van der Waals surface area contributed by atoms with Crippen LogP contribution in [-0.4, -0.2) is 11.3 Å². The number of carbonyl (C=O) groups is 1. The molecule has 1 aromatic heterocycles. The van der Waals surface area contributed by atoms with E-state index in [4.69, 9.17) is 11.6 Å². The summed E-state index contributed by atoms with van der Waals surface area (Å²) < 4.78 is 37.4. The van der Waals surface area contributed by atoms with Gasteiger partial charge in [-0.2, -0.15) is 0 Å². The molecule has 14 heavy (non-hydrogen) atoms. The van der Waals surface area contributed by atoms with E-state index in [0.29, 0.717) is 6.07 Å². The molecule has 1 aromatic rings. The lowest BCUT2D eigenvalue weighted by molar-refractivity contribution is 0.111. The van der Waals surface area contributed by atoms with Crippen molar-refractivity contribution in [1.82, 2.24) is 4.98 Å². The predicted octanol–water partition coefficient (Wildman–Crippen LogP) is 2.71. The Bertz CT molecular complexity index is 357. The van der Waals surface area contributed by atoms with Gasteiger partial charge < -0.3 is 0 Å². The van der Waals surface area contributed by atoms with Crippen molar-refractivity contribution < 1.29 is 18.0 Å². The van der Waals surface area contributed by atoms with Crippen LogP contribution in [0.4, 0.5) is 13.2 Å². The summed E-state index contributed by atoms with van der Waals surface area (Å²) >= 11 is 5.32. The molecule has 6 heteroatoms. The van der Waals surface area contributed by atoms with Crippen LogP contribution in [0.5, 0.6) is 0 Å². The van der Waals surface area contributed by atoms with Crippen LogP contribution >= 0.6 is 11.6 Å². The summed E-state index contributed by atoms with van der Waals surface area (Å²) in [5, 5.41) is 0. The molecule has 0 aliphatic rings. The molecule has 0 aromatic carbocycles. The number of nitrogens with zero attached hydrogens (tertiary/aromatic N) is 1. The van der Waals surface area contributed by atoms with Crippen LogP contribution in [0, 0.1) is 5.82 Å². The molecule has 0 aliphatic heterocycles. The van der Waals surface area contributed by atoms with E-state index in [2.05, 4.69) is 4.98 Å². The fourth-order valence-corrected chi connectivity index (χ4v) is 1.15. The number of hydrogen-bond acceptors (Lipinski definition) is 2. The quantitative estimate of drug-likeness (QED) is 0.583. The standard InChI is InChI=1S/C8H5ClF3NO/c9-2-6-4(8(11)12)1-5(10)7(3-14)13-6/h1,3,8H,2H2. The van der Waals surface area contributed by atoms with E-state index in [-0.39, 0.29) is 17.9 Å². The van der Waals surface area contributed by atoms with Gasteiger partial charge in [-0.05, 0) is 6.07 Å². The summed E-state index contributed by atoms with van der Waals surface area (Å²) in [6, 6.07) is 0.582. The normalized spacial score (nSPS) is 10.6. The van der Waals surface area contributed by atoms with Crippen LogP contribution in [0.3, 0.4) is 0 Å². The van der Waals surface area contributed by atoms with E-state index in [1.807, 2.05) is 0 Å². The molecule has 0 amide bonds. The molecule has 2 nitrogen and oxygen atoms in total. The molecule has 0 atom stereocenters. The van der Waals surface area contributed by atoms with Gasteiger partial charge in [-0.3, -0.25) is 4.79 Å². The molecule has 0 radical (unpaired) electrons. The number of aldehydes is 1. The highest BCUT2D eigenvalue weighted by Crippen LogP contribution is 2.24. The second-order valence-electron chi connectivity index (χ2n) is 2.44. The van der Waals surface area contributed by atoms with E-state index in [1.54, 1.807) is 0 Å². The minimum absolute atomic E-state index is 0.153. The van der Waals surface area contributed by atoms with Crippen molar-refractivity contribution in [2.75, 3.05) is 0 Å². The van der Waals surface area contributed by atoms with E-state index in [1.165, 1.54) is 0 Å². The SMILES string of the molecule is O=Cc1nc(CCl)c(C(F)F)cc1F. The Morgan fingerprint density at radius 1 is 1.57 bits per heavy atom. The third-order valence-corrected chi connectivity index (χ3v) is 1.84. The maximum atomic E-state index is 12.9. The van der Waals surface area contributed by atoms with Crippen LogP contribution in [0.25, 0.3) is 0 Å². The zero-order chi connectivity index (χ0) is 10.7. The topological polar surface area (TPSA) is 30.0 Å². The van der Waals surface area contributed by atoms with Gasteiger partial charge in [-0.25, -0.2) is 18.2 Å². The zero-order valence-electron chi connectivity index (χ0n) is 6.81. The van der Waals surface area contributed by atoms with Gasteiger partial charge in [0.25, 0.3) is 6.43 Å². The lowest BCUT2D eigenvalue weighted by Crippen LogP contribution is -2.03. The maximum Gasteiger partial charge on any atom is 0.265 e. The van der Waals surface area contributed by atoms with Gasteiger partial charge in [0.1, 0.15) is 5.69 Å². The first-order chi connectivity index (χ1) is 6.60. The lowest BCUT2D eigenvalue weighted by Gasteiger charge is -2.06. The fraction of sp³-hybridized carbons (Fsp3) is 0.250. The van der Waals surface area contributed by atoms with Gasteiger partial charge >= 0.3 is 0 Å². The van der Waals surface area contributed by atoms with Crippen molar-refractivity contribution in [1.29, 1.82) is 0 Å². The molecule has 0 fully saturated rings. The first-order valence-corrected chi connectivity index (χ1v) is 4.12. The Labute approximate surface area is 82.7 Å². The molecule has 0 unspecified atom stereocenters. The number of carbonyl (C=O) groups excluding carboxylic acids is 1. The molecular formula is C8H5ClF3NO. The van der Waals surface area contributed by atoms with Crippen LogP contribution in [0.15, 0.2) is 6.07 Å². The van der Waals surface area contributed by atoms with Crippen molar-refractivity contribution in [2.45, 2.75) is 12.3 Å². The minimum atomic E-state index is -2.86. The molecule has 1 rings (SSSR count). The Balaban J connectivity index is 3.31. The molecular weight excluding hydrogens is 219 g/mol. The first kappa shape index (κ1) is 11.0. The van der Waals surface area contributed by atoms with Crippen LogP contribution in [0.2, 0.25) is 0 Å². The molecule has 0 bridgehead atoms. The van der Waals surface area contributed by atoms with Crippen molar-refractivity contribution in [3.63, 3.8) is 0 Å². The predicted molar refractivity (Wildman–Crippen MR) is 44.1 cm³/mol. The van der Waals surface area contributed by atoms with Crippen LogP contribution < -0.4 is 0 Å². The summed E-state index contributed by atoms with van der Waals surface area (Å²) in [5.74, 6) is -1.36. The largest absolute Gasteiger partial charge is 0.296 e. The van der Waals surface area contributed by atoms with Gasteiger partial charge in [0.15, 0.2) is 12.1 Å². The summed E-state index contributed by atoms with van der Waals surface area (Å²) in [4.78, 5) is 13.6. The summed E-state index contributed by atoms with van der Waals surface area (Å²) in [7, 11) is 0. The number of alkyl halides is 3. The lowest BCUT2D eigenvalue weighted by atomic mass is 10.2. The maximum absolute atomic E-state index is 12.9. The third kappa shape index (κ3) is 2.04. The van der Waals surface area contributed by atoms with Crippen molar-refractivity contribution in [2.24, 2.45) is 0 Å². The monoisotopic (exact) mass is 223 g/mol. The first-order valence-electron chi connectivity index (χ1n) is 3.58. The summed E-state index contributed by atoms with van der Waals surface area (Å²) in [5.41, 5.74) is -1.27.